The third kappa shape index (κ3) is 5.32. The number of alkyl halides is 2. The summed E-state index contributed by atoms with van der Waals surface area (Å²) >= 11 is 0. The number of rotatable bonds is 4. The first kappa shape index (κ1) is 8.45. The minimum Gasteiger partial charge on any atom is -0.324 e. The molecule has 0 fully saturated rings. The molecule has 0 saturated carbocycles. The molecular weight excluding hydrogens is 132 g/mol. The molecule has 0 aromatic heterocycles. The Balaban J connectivity index is 3.17. The summed E-state index contributed by atoms with van der Waals surface area (Å²) in [4.78, 5) is 10.1. The monoisotopic (exact) mass is 139 g/mol. The summed E-state index contributed by atoms with van der Waals surface area (Å²) in [5.74, 6) is -0.532. The molecule has 0 aliphatic rings. The van der Waals surface area contributed by atoms with Crippen LogP contribution in [0.4, 0.5) is 8.78 Å². The van der Waals surface area contributed by atoms with Crippen molar-refractivity contribution in [3.05, 3.63) is 0 Å². The summed E-state index contributed by atoms with van der Waals surface area (Å²) in [6.07, 6.45) is 0. The second-order valence-corrected chi connectivity index (χ2v) is 1.31. The lowest BCUT2D eigenvalue weighted by Gasteiger charge is -1.97. The number of ketones is 1. The predicted molar refractivity (Wildman–Crippen MR) is 26.0 cm³/mol. The van der Waals surface area contributed by atoms with Gasteiger partial charge < -0.3 is 10.5 Å². The quantitative estimate of drug-likeness (QED) is 0.584. The Kier molecular flexibility index (Phi) is 4.08. The number of carbonyl (C=O) groups is 1. The van der Waals surface area contributed by atoms with Crippen molar-refractivity contribution in [2.45, 2.75) is 6.61 Å². The molecule has 0 bridgehead atoms. The lowest BCUT2D eigenvalue weighted by atomic mass is 10.4. The third-order valence-electron chi connectivity index (χ3n) is 0.598. The summed E-state index contributed by atoms with van der Waals surface area (Å²) < 4.78 is 25.9. The number of ether oxygens (including phenoxy) is 1. The predicted octanol–water partition coefficient (Wildman–Crippen LogP) is -0.247. The van der Waals surface area contributed by atoms with Gasteiger partial charge in [0.15, 0.2) is 5.78 Å². The van der Waals surface area contributed by atoms with Crippen LogP contribution >= 0.6 is 0 Å². The van der Waals surface area contributed by atoms with Gasteiger partial charge in [0.05, 0.1) is 6.54 Å². The van der Waals surface area contributed by atoms with E-state index in [4.69, 9.17) is 5.73 Å². The molecule has 2 N–H and O–H groups in total. The van der Waals surface area contributed by atoms with E-state index in [0.29, 0.717) is 0 Å². The Hall–Kier alpha value is -0.550. The van der Waals surface area contributed by atoms with E-state index in [9.17, 15) is 13.6 Å². The second kappa shape index (κ2) is 4.34. The number of nitrogens with two attached hydrogens (primary N) is 1. The molecule has 0 saturated heterocycles. The van der Waals surface area contributed by atoms with Crippen LogP contribution in [0.1, 0.15) is 0 Å². The fourth-order valence-electron chi connectivity index (χ4n) is 0.215. The number of halogens is 2. The molecule has 0 aromatic rings. The summed E-state index contributed by atoms with van der Waals surface area (Å²) in [7, 11) is 0. The van der Waals surface area contributed by atoms with Crippen molar-refractivity contribution < 1.29 is 18.3 Å². The lowest BCUT2D eigenvalue weighted by Crippen LogP contribution is -2.20. The molecule has 54 valence electrons. The third-order valence-corrected chi connectivity index (χ3v) is 0.598. The van der Waals surface area contributed by atoms with Crippen LogP contribution in [0.2, 0.25) is 0 Å². The van der Waals surface area contributed by atoms with Crippen LogP contribution in [0, 0.1) is 0 Å². The zero-order valence-electron chi connectivity index (χ0n) is 4.64. The van der Waals surface area contributed by atoms with Gasteiger partial charge in [-0.05, 0) is 0 Å². The van der Waals surface area contributed by atoms with Gasteiger partial charge in [0.1, 0.15) is 6.61 Å². The number of hydrogen-bond acceptors (Lipinski definition) is 3. The Bertz CT molecular complexity index is 96.6. The van der Waals surface area contributed by atoms with Crippen LogP contribution < -0.4 is 5.73 Å². The highest BCUT2D eigenvalue weighted by atomic mass is 19.3. The van der Waals surface area contributed by atoms with Crippen molar-refractivity contribution >= 4 is 5.78 Å². The molecule has 3 nitrogen and oxygen atoms in total. The van der Waals surface area contributed by atoms with Gasteiger partial charge in [-0.2, -0.15) is 8.78 Å². The maximum atomic E-state index is 11.1. The van der Waals surface area contributed by atoms with Crippen molar-refractivity contribution in [1.82, 2.24) is 0 Å². The van der Waals surface area contributed by atoms with Crippen LogP contribution in [0.25, 0.3) is 0 Å². The van der Waals surface area contributed by atoms with Gasteiger partial charge in [-0.25, -0.2) is 0 Å². The average Bonchev–Trinajstić information content (AvgIpc) is 1.83. The van der Waals surface area contributed by atoms with E-state index >= 15 is 0 Å². The van der Waals surface area contributed by atoms with E-state index < -0.39 is 19.0 Å². The zero-order chi connectivity index (χ0) is 7.28. The minimum atomic E-state index is -2.89. The SMILES string of the molecule is NCC(=O)COC(F)F. The van der Waals surface area contributed by atoms with Crippen LogP contribution in [-0.2, 0) is 9.53 Å². The van der Waals surface area contributed by atoms with E-state index in [1.165, 1.54) is 0 Å². The van der Waals surface area contributed by atoms with Gasteiger partial charge in [-0.1, -0.05) is 0 Å². The molecule has 0 aliphatic heterocycles. The summed E-state index contributed by atoms with van der Waals surface area (Å²) in [6, 6.07) is 0. The Morgan fingerprint density at radius 1 is 1.67 bits per heavy atom. The Morgan fingerprint density at radius 3 is 2.56 bits per heavy atom. The van der Waals surface area contributed by atoms with Crippen molar-refractivity contribution in [2.75, 3.05) is 13.2 Å². The number of hydrogen-bond donors (Lipinski definition) is 1. The minimum absolute atomic E-state index is 0.257. The van der Waals surface area contributed by atoms with E-state index in [1.54, 1.807) is 0 Å². The fourth-order valence-corrected chi connectivity index (χ4v) is 0.215. The van der Waals surface area contributed by atoms with Crippen LogP contribution in [-0.4, -0.2) is 25.5 Å². The molecular formula is C4H7F2NO2. The standard InChI is InChI=1S/C4H7F2NO2/c5-4(6)9-2-3(8)1-7/h4H,1-2,7H2. The topological polar surface area (TPSA) is 52.3 Å². The van der Waals surface area contributed by atoms with Gasteiger partial charge in [0, 0.05) is 0 Å². The highest BCUT2D eigenvalue weighted by molar-refractivity contribution is 5.81. The van der Waals surface area contributed by atoms with Crippen molar-refractivity contribution in [1.29, 1.82) is 0 Å². The summed E-state index contributed by atoms with van der Waals surface area (Å²) in [5, 5.41) is 0. The van der Waals surface area contributed by atoms with Crippen LogP contribution in [0.15, 0.2) is 0 Å². The normalized spacial score (nSPS) is 10.2. The average molecular weight is 139 g/mol. The fraction of sp³-hybridized carbons (Fsp3) is 0.750. The van der Waals surface area contributed by atoms with Crippen LogP contribution in [0.3, 0.4) is 0 Å². The Morgan fingerprint density at radius 2 is 2.22 bits per heavy atom. The molecule has 0 rings (SSSR count). The van der Waals surface area contributed by atoms with Crippen molar-refractivity contribution in [3.8, 4) is 0 Å². The zero-order valence-corrected chi connectivity index (χ0v) is 4.64. The Labute approximate surface area is 50.8 Å². The highest BCUT2D eigenvalue weighted by Gasteiger charge is 2.04. The van der Waals surface area contributed by atoms with Crippen LogP contribution in [0.5, 0.6) is 0 Å². The number of carbonyl (C=O) groups excluding carboxylic acids is 1. The smallest absolute Gasteiger partial charge is 0.324 e. The van der Waals surface area contributed by atoms with Gasteiger partial charge in [-0.15, -0.1) is 0 Å². The first-order chi connectivity index (χ1) is 4.16. The molecule has 0 aromatic carbocycles. The molecule has 0 amide bonds. The molecule has 0 atom stereocenters. The largest absolute Gasteiger partial charge is 0.345 e. The molecule has 0 spiro atoms. The molecule has 0 heterocycles. The van der Waals surface area contributed by atoms with Gasteiger partial charge >= 0.3 is 6.61 Å². The first-order valence-electron chi connectivity index (χ1n) is 2.28. The van der Waals surface area contributed by atoms with E-state index in [2.05, 4.69) is 4.74 Å². The van der Waals surface area contributed by atoms with Gasteiger partial charge in [0.25, 0.3) is 0 Å². The maximum Gasteiger partial charge on any atom is 0.345 e. The number of Topliss-reactive ketones (excluding diaryl/α,β-unsaturated/α-hetero) is 1. The van der Waals surface area contributed by atoms with Gasteiger partial charge in [0.2, 0.25) is 0 Å². The summed E-state index contributed by atoms with van der Waals surface area (Å²) in [5.41, 5.74) is 4.78. The van der Waals surface area contributed by atoms with E-state index in [0.717, 1.165) is 0 Å². The van der Waals surface area contributed by atoms with Crippen molar-refractivity contribution in [3.63, 3.8) is 0 Å². The van der Waals surface area contributed by atoms with E-state index in [-0.39, 0.29) is 6.54 Å². The summed E-state index contributed by atoms with van der Waals surface area (Å²) in [6.45, 7) is -3.75. The van der Waals surface area contributed by atoms with Gasteiger partial charge in [-0.3, -0.25) is 4.79 Å². The molecule has 0 radical (unpaired) electrons. The van der Waals surface area contributed by atoms with E-state index in [1.807, 2.05) is 0 Å². The molecule has 0 unspecified atom stereocenters. The highest BCUT2D eigenvalue weighted by Crippen LogP contribution is 1.92. The van der Waals surface area contributed by atoms with Crippen molar-refractivity contribution in [2.24, 2.45) is 5.73 Å². The molecule has 5 heteroatoms. The maximum absolute atomic E-state index is 11.1. The molecule has 9 heavy (non-hydrogen) atoms. The molecule has 0 aliphatic carbocycles. The lowest BCUT2D eigenvalue weighted by molar-refractivity contribution is -0.149. The second-order valence-electron chi connectivity index (χ2n) is 1.31. The first-order valence-corrected chi connectivity index (χ1v) is 2.28.